The third-order valence-electron chi connectivity index (χ3n) is 5.17. The van der Waals surface area contributed by atoms with E-state index in [1.165, 1.54) is 5.69 Å². The smallest absolute Gasteiger partial charge is 0.251 e. The first-order valence-corrected chi connectivity index (χ1v) is 10.4. The van der Waals surface area contributed by atoms with Crippen LogP contribution in [0.5, 0.6) is 5.75 Å². The molecule has 0 radical (unpaired) electrons. The molecule has 1 saturated heterocycles. The minimum absolute atomic E-state index is 0.0337. The van der Waals surface area contributed by atoms with Crippen molar-refractivity contribution in [3.05, 3.63) is 60.2 Å². The first kappa shape index (κ1) is 21.5. The lowest BCUT2D eigenvalue weighted by Crippen LogP contribution is -2.52. The fraction of sp³-hybridized carbons (Fsp3) is 0.391. The molecule has 0 atom stereocenters. The average Bonchev–Trinajstić information content (AvgIpc) is 2.82. The van der Waals surface area contributed by atoms with Gasteiger partial charge in [-0.15, -0.1) is 0 Å². The first-order chi connectivity index (χ1) is 14.7. The number of anilines is 1. The zero-order valence-corrected chi connectivity index (χ0v) is 17.8. The van der Waals surface area contributed by atoms with E-state index in [2.05, 4.69) is 37.6 Å². The topological polar surface area (TPSA) is 69.2 Å². The molecule has 0 spiro atoms. The van der Waals surface area contributed by atoms with Gasteiger partial charge in [0, 0.05) is 63.6 Å². The molecule has 1 fully saturated rings. The highest BCUT2D eigenvalue weighted by atomic mass is 16.5. The van der Waals surface area contributed by atoms with E-state index in [4.69, 9.17) is 4.74 Å². The van der Waals surface area contributed by atoms with Crippen LogP contribution in [0.1, 0.15) is 16.8 Å². The highest BCUT2D eigenvalue weighted by molar-refractivity contribution is 5.94. The van der Waals surface area contributed by atoms with Crippen LogP contribution in [0.2, 0.25) is 0 Å². The summed E-state index contributed by atoms with van der Waals surface area (Å²) in [6, 6.07) is 17.5. The Kier molecular flexibility index (Phi) is 7.94. The minimum atomic E-state index is -0.0337. The van der Waals surface area contributed by atoms with Crippen LogP contribution in [0.3, 0.4) is 0 Å². The molecular weight excluding hydrogens is 378 g/mol. The van der Waals surface area contributed by atoms with Crippen LogP contribution >= 0.6 is 0 Å². The maximum absolute atomic E-state index is 12.1. The number of amides is 1. The average molecular weight is 410 g/mol. The highest BCUT2D eigenvalue weighted by Crippen LogP contribution is 2.22. The number of ether oxygens (including phenoxy) is 1. The SMILES string of the molecule is CN=C(NCCCNC(=O)c1ccccc1)N1CCN(c2cccc(OC)c2)CC1. The summed E-state index contributed by atoms with van der Waals surface area (Å²) in [5, 5.41) is 6.37. The molecule has 30 heavy (non-hydrogen) atoms. The second-order valence-electron chi connectivity index (χ2n) is 7.13. The largest absolute Gasteiger partial charge is 0.497 e. The van der Waals surface area contributed by atoms with Crippen molar-refractivity contribution in [1.29, 1.82) is 0 Å². The Hall–Kier alpha value is -3.22. The van der Waals surface area contributed by atoms with Gasteiger partial charge in [-0.05, 0) is 30.7 Å². The fourth-order valence-electron chi connectivity index (χ4n) is 3.50. The van der Waals surface area contributed by atoms with E-state index in [-0.39, 0.29) is 5.91 Å². The first-order valence-electron chi connectivity index (χ1n) is 10.4. The summed E-state index contributed by atoms with van der Waals surface area (Å²) in [5.74, 6) is 1.76. The van der Waals surface area contributed by atoms with E-state index in [9.17, 15) is 4.79 Å². The van der Waals surface area contributed by atoms with E-state index >= 15 is 0 Å². The maximum Gasteiger partial charge on any atom is 0.251 e. The standard InChI is InChI=1S/C23H31N5O2/c1-24-23(26-13-7-12-25-22(29)19-8-4-3-5-9-19)28-16-14-27(15-17-28)20-10-6-11-21(18-20)30-2/h3-6,8-11,18H,7,12-17H2,1-2H3,(H,24,26)(H,25,29). The van der Waals surface area contributed by atoms with Gasteiger partial charge in [-0.3, -0.25) is 9.79 Å². The number of carbonyl (C=O) groups excluding carboxylic acids is 1. The van der Waals surface area contributed by atoms with Crippen molar-refractivity contribution < 1.29 is 9.53 Å². The van der Waals surface area contributed by atoms with Gasteiger partial charge in [-0.25, -0.2) is 0 Å². The zero-order chi connectivity index (χ0) is 21.2. The lowest BCUT2D eigenvalue weighted by Gasteiger charge is -2.37. The second-order valence-corrected chi connectivity index (χ2v) is 7.13. The quantitative estimate of drug-likeness (QED) is 0.417. The van der Waals surface area contributed by atoms with Crippen LogP contribution in [-0.4, -0.2) is 70.2 Å². The Labute approximate surface area is 178 Å². The van der Waals surface area contributed by atoms with E-state index in [0.717, 1.165) is 50.9 Å². The molecule has 0 aromatic heterocycles. The second kappa shape index (κ2) is 11.1. The van der Waals surface area contributed by atoms with Crippen LogP contribution in [0.4, 0.5) is 5.69 Å². The minimum Gasteiger partial charge on any atom is -0.497 e. The van der Waals surface area contributed by atoms with Gasteiger partial charge < -0.3 is 25.2 Å². The van der Waals surface area contributed by atoms with Gasteiger partial charge in [0.05, 0.1) is 7.11 Å². The number of methoxy groups -OCH3 is 1. The van der Waals surface area contributed by atoms with Crippen molar-refractivity contribution in [3.63, 3.8) is 0 Å². The summed E-state index contributed by atoms with van der Waals surface area (Å²) >= 11 is 0. The van der Waals surface area contributed by atoms with Crippen molar-refractivity contribution >= 4 is 17.6 Å². The van der Waals surface area contributed by atoms with Gasteiger partial charge >= 0.3 is 0 Å². The van der Waals surface area contributed by atoms with E-state index in [0.29, 0.717) is 12.1 Å². The summed E-state index contributed by atoms with van der Waals surface area (Å²) in [6.07, 6.45) is 0.835. The molecule has 0 aliphatic carbocycles. The number of piperazine rings is 1. The molecule has 2 aromatic rings. The molecule has 1 amide bonds. The van der Waals surface area contributed by atoms with Gasteiger partial charge in [0.25, 0.3) is 5.91 Å². The molecule has 7 nitrogen and oxygen atoms in total. The van der Waals surface area contributed by atoms with Crippen molar-refractivity contribution in [2.45, 2.75) is 6.42 Å². The monoisotopic (exact) mass is 409 g/mol. The Morgan fingerprint density at radius 3 is 2.43 bits per heavy atom. The number of nitrogens with zero attached hydrogens (tertiary/aromatic N) is 3. The number of carbonyl (C=O) groups is 1. The van der Waals surface area contributed by atoms with Gasteiger partial charge in [-0.1, -0.05) is 24.3 Å². The van der Waals surface area contributed by atoms with Gasteiger partial charge in [0.15, 0.2) is 5.96 Å². The summed E-state index contributed by atoms with van der Waals surface area (Å²) in [6.45, 7) is 5.06. The van der Waals surface area contributed by atoms with Crippen molar-refractivity contribution in [2.24, 2.45) is 4.99 Å². The van der Waals surface area contributed by atoms with E-state index in [1.54, 1.807) is 7.11 Å². The normalized spacial score (nSPS) is 14.4. The molecule has 1 aliphatic rings. The Morgan fingerprint density at radius 1 is 1.00 bits per heavy atom. The molecular formula is C23H31N5O2. The number of rotatable bonds is 7. The van der Waals surface area contributed by atoms with Gasteiger partial charge in [0.1, 0.15) is 5.75 Å². The number of guanidine groups is 1. The summed E-state index contributed by atoms with van der Waals surface area (Å²) < 4.78 is 5.33. The lowest BCUT2D eigenvalue weighted by molar-refractivity contribution is 0.0953. The molecule has 0 bridgehead atoms. The summed E-state index contributed by atoms with van der Waals surface area (Å²) in [5.41, 5.74) is 1.88. The van der Waals surface area contributed by atoms with E-state index in [1.807, 2.05) is 49.5 Å². The van der Waals surface area contributed by atoms with Crippen LogP contribution < -0.4 is 20.3 Å². The van der Waals surface area contributed by atoms with Gasteiger partial charge in [0.2, 0.25) is 0 Å². The Morgan fingerprint density at radius 2 is 1.73 bits per heavy atom. The van der Waals surface area contributed by atoms with Crippen LogP contribution in [0.15, 0.2) is 59.6 Å². The van der Waals surface area contributed by atoms with Crippen molar-refractivity contribution in [3.8, 4) is 5.75 Å². The van der Waals surface area contributed by atoms with Crippen molar-refractivity contribution in [2.75, 3.05) is 58.3 Å². The molecule has 3 rings (SSSR count). The molecule has 1 heterocycles. The van der Waals surface area contributed by atoms with Crippen LogP contribution in [-0.2, 0) is 0 Å². The predicted molar refractivity (Wildman–Crippen MR) is 122 cm³/mol. The molecule has 2 N–H and O–H groups in total. The number of nitrogens with one attached hydrogen (secondary N) is 2. The number of hydrogen-bond donors (Lipinski definition) is 2. The van der Waals surface area contributed by atoms with Crippen LogP contribution in [0.25, 0.3) is 0 Å². The predicted octanol–water partition coefficient (Wildman–Crippen LogP) is 2.21. The highest BCUT2D eigenvalue weighted by Gasteiger charge is 2.20. The van der Waals surface area contributed by atoms with Gasteiger partial charge in [-0.2, -0.15) is 0 Å². The summed E-state index contributed by atoms with van der Waals surface area (Å²) in [4.78, 5) is 21.1. The number of aliphatic imine (C=N–C) groups is 1. The third-order valence-corrected chi connectivity index (χ3v) is 5.17. The maximum atomic E-state index is 12.1. The molecule has 0 unspecified atom stereocenters. The fourth-order valence-corrected chi connectivity index (χ4v) is 3.50. The number of hydrogen-bond acceptors (Lipinski definition) is 4. The molecule has 2 aromatic carbocycles. The Balaban J connectivity index is 1.38. The number of benzene rings is 2. The summed E-state index contributed by atoms with van der Waals surface area (Å²) in [7, 11) is 3.51. The zero-order valence-electron chi connectivity index (χ0n) is 17.8. The lowest BCUT2D eigenvalue weighted by atomic mass is 10.2. The third kappa shape index (κ3) is 5.89. The molecule has 1 aliphatic heterocycles. The molecule has 7 heteroatoms. The van der Waals surface area contributed by atoms with Crippen LogP contribution in [0, 0.1) is 0 Å². The Bertz CT molecular complexity index is 832. The molecule has 0 saturated carbocycles. The van der Waals surface area contributed by atoms with E-state index < -0.39 is 0 Å². The molecule has 160 valence electrons. The van der Waals surface area contributed by atoms with Crippen molar-refractivity contribution in [1.82, 2.24) is 15.5 Å².